The van der Waals surface area contributed by atoms with E-state index in [0.29, 0.717) is 12.2 Å². The largest absolute Gasteiger partial charge is 0.390 e. The second kappa shape index (κ2) is 5.61. The molecule has 2 rings (SSSR count). The zero-order valence-corrected chi connectivity index (χ0v) is 12.1. The van der Waals surface area contributed by atoms with Crippen molar-refractivity contribution in [3.05, 3.63) is 17.3 Å². The number of nitrogens with two attached hydrogens (primary N) is 1. The van der Waals surface area contributed by atoms with Gasteiger partial charge in [0.05, 0.1) is 12.1 Å². The Hall–Kier alpha value is -1.28. The molecule has 0 saturated carbocycles. The van der Waals surface area contributed by atoms with E-state index in [4.69, 9.17) is 5.73 Å². The van der Waals surface area contributed by atoms with Crippen LogP contribution in [-0.4, -0.2) is 35.2 Å². The summed E-state index contributed by atoms with van der Waals surface area (Å²) in [5.74, 6) is 0.582. The van der Waals surface area contributed by atoms with Gasteiger partial charge in [-0.05, 0) is 6.92 Å². The number of thiazole rings is 1. The number of aromatic nitrogens is 2. The van der Waals surface area contributed by atoms with Crippen molar-refractivity contribution < 1.29 is 13.2 Å². The van der Waals surface area contributed by atoms with Gasteiger partial charge in [0.15, 0.2) is 10.8 Å². The molecule has 0 radical (unpaired) electrons. The summed E-state index contributed by atoms with van der Waals surface area (Å²) in [6, 6.07) is -0.0791. The molecule has 1 atom stereocenters. The number of alkyl halides is 3. The lowest BCUT2D eigenvalue weighted by atomic mass is 10.2. The van der Waals surface area contributed by atoms with Crippen LogP contribution in [0.4, 0.5) is 19.0 Å². The predicted octanol–water partition coefficient (Wildman–Crippen LogP) is 2.67. The van der Waals surface area contributed by atoms with E-state index < -0.39 is 12.6 Å². The predicted molar refractivity (Wildman–Crippen MR) is 74.4 cm³/mol. The van der Waals surface area contributed by atoms with E-state index >= 15 is 0 Å². The van der Waals surface area contributed by atoms with Crippen molar-refractivity contribution in [3.8, 4) is 0 Å². The summed E-state index contributed by atoms with van der Waals surface area (Å²) >= 11 is 1.45. The van der Waals surface area contributed by atoms with Crippen LogP contribution in [0.3, 0.4) is 0 Å². The molecule has 0 saturated heterocycles. The summed E-state index contributed by atoms with van der Waals surface area (Å²) in [6.07, 6.45) is -2.58. The second-order valence-electron chi connectivity index (χ2n) is 4.91. The second-order valence-corrected chi connectivity index (χ2v) is 5.78. The van der Waals surface area contributed by atoms with E-state index in [9.17, 15) is 13.2 Å². The Morgan fingerprint density at radius 3 is 2.80 bits per heavy atom. The average Bonchev–Trinajstić information content (AvgIpc) is 2.87. The molecule has 0 aliphatic heterocycles. The highest BCUT2D eigenvalue weighted by Gasteiger charge is 2.28. The third-order valence-electron chi connectivity index (χ3n) is 2.95. The highest BCUT2D eigenvalue weighted by atomic mass is 32.1. The number of hydrogen-bond donors (Lipinski definition) is 1. The molecule has 2 aromatic rings. The SMILES string of the molecule is CC(N)Cc1c(N(C)CCC(F)(F)F)nc2sccn12. The van der Waals surface area contributed by atoms with Crippen LogP contribution < -0.4 is 10.6 Å². The van der Waals surface area contributed by atoms with Crippen LogP contribution in [0.25, 0.3) is 4.96 Å². The van der Waals surface area contributed by atoms with Crippen LogP contribution in [0.1, 0.15) is 19.0 Å². The summed E-state index contributed by atoms with van der Waals surface area (Å²) in [4.78, 5) is 6.73. The number of fused-ring (bicyclic) bond motifs is 1. The molecule has 2 N–H and O–H groups in total. The molecule has 112 valence electrons. The third-order valence-corrected chi connectivity index (χ3v) is 3.70. The minimum atomic E-state index is -4.16. The lowest BCUT2D eigenvalue weighted by Crippen LogP contribution is -2.26. The van der Waals surface area contributed by atoms with Crippen LogP contribution in [-0.2, 0) is 6.42 Å². The minimum Gasteiger partial charge on any atom is -0.358 e. The zero-order chi connectivity index (χ0) is 14.9. The summed E-state index contributed by atoms with van der Waals surface area (Å²) in [6.45, 7) is 1.76. The highest BCUT2D eigenvalue weighted by molar-refractivity contribution is 7.15. The Labute approximate surface area is 119 Å². The molecule has 0 aliphatic rings. The van der Waals surface area contributed by atoms with Crippen LogP contribution in [0.15, 0.2) is 11.6 Å². The van der Waals surface area contributed by atoms with Crippen molar-refractivity contribution in [2.45, 2.75) is 32.0 Å². The molecule has 8 heteroatoms. The molecule has 0 amide bonds. The summed E-state index contributed by atoms with van der Waals surface area (Å²) < 4.78 is 38.8. The Kier molecular flexibility index (Phi) is 4.24. The Morgan fingerprint density at radius 1 is 1.50 bits per heavy atom. The molecule has 0 bridgehead atoms. The topological polar surface area (TPSA) is 46.6 Å². The maximum absolute atomic E-state index is 12.3. The van der Waals surface area contributed by atoms with Gasteiger partial charge in [-0.25, -0.2) is 4.98 Å². The van der Waals surface area contributed by atoms with Gasteiger partial charge in [-0.1, -0.05) is 0 Å². The van der Waals surface area contributed by atoms with Gasteiger partial charge in [0, 0.05) is 37.6 Å². The van der Waals surface area contributed by atoms with Crippen molar-refractivity contribution in [2.75, 3.05) is 18.5 Å². The van der Waals surface area contributed by atoms with Crippen LogP contribution in [0, 0.1) is 0 Å². The first kappa shape index (κ1) is 15.1. The highest BCUT2D eigenvalue weighted by Crippen LogP contribution is 2.27. The van der Waals surface area contributed by atoms with E-state index in [2.05, 4.69) is 4.98 Å². The number of halogens is 3. The van der Waals surface area contributed by atoms with Gasteiger partial charge in [-0.2, -0.15) is 13.2 Å². The minimum absolute atomic E-state index is 0.0791. The number of anilines is 1. The molecule has 4 nitrogen and oxygen atoms in total. The molecule has 20 heavy (non-hydrogen) atoms. The maximum atomic E-state index is 12.3. The molecule has 1 unspecified atom stereocenters. The first-order chi connectivity index (χ1) is 9.28. The lowest BCUT2D eigenvalue weighted by molar-refractivity contribution is -0.132. The Balaban J connectivity index is 2.25. The summed E-state index contributed by atoms with van der Waals surface area (Å²) in [5, 5.41) is 1.90. The van der Waals surface area contributed by atoms with Gasteiger partial charge in [-0.15, -0.1) is 11.3 Å². The normalized spacial score (nSPS) is 13.9. The van der Waals surface area contributed by atoms with E-state index in [1.54, 1.807) is 11.9 Å². The van der Waals surface area contributed by atoms with E-state index in [-0.39, 0.29) is 12.6 Å². The Bertz CT molecular complexity index is 573. The number of nitrogens with zero attached hydrogens (tertiary/aromatic N) is 3. The first-order valence-electron chi connectivity index (χ1n) is 6.26. The quantitative estimate of drug-likeness (QED) is 0.924. The summed E-state index contributed by atoms with van der Waals surface area (Å²) in [5.41, 5.74) is 6.68. The molecule has 2 aromatic heterocycles. The third kappa shape index (κ3) is 3.43. The van der Waals surface area contributed by atoms with E-state index in [1.807, 2.05) is 22.9 Å². The van der Waals surface area contributed by atoms with Gasteiger partial charge in [0.25, 0.3) is 0 Å². The fourth-order valence-corrected chi connectivity index (χ4v) is 2.75. The van der Waals surface area contributed by atoms with Crippen LogP contribution in [0.2, 0.25) is 0 Å². The molecular formula is C12H17F3N4S. The molecular weight excluding hydrogens is 289 g/mol. The molecule has 0 fully saturated rings. The smallest absolute Gasteiger partial charge is 0.358 e. The average molecular weight is 306 g/mol. The van der Waals surface area contributed by atoms with Crippen LogP contribution >= 0.6 is 11.3 Å². The van der Waals surface area contributed by atoms with Crippen LogP contribution in [0.5, 0.6) is 0 Å². The lowest BCUT2D eigenvalue weighted by Gasteiger charge is -2.19. The molecule has 0 spiro atoms. The van der Waals surface area contributed by atoms with E-state index in [1.165, 1.54) is 11.3 Å². The fourth-order valence-electron chi connectivity index (χ4n) is 2.02. The van der Waals surface area contributed by atoms with E-state index in [0.717, 1.165) is 10.7 Å². The van der Waals surface area contributed by atoms with Gasteiger partial charge in [0.2, 0.25) is 0 Å². The zero-order valence-electron chi connectivity index (χ0n) is 11.3. The van der Waals surface area contributed by atoms with Crippen molar-refractivity contribution >= 4 is 22.1 Å². The Morgan fingerprint density at radius 2 is 2.20 bits per heavy atom. The van der Waals surface area contributed by atoms with Gasteiger partial charge in [0.1, 0.15) is 0 Å². The van der Waals surface area contributed by atoms with Crippen molar-refractivity contribution in [1.82, 2.24) is 9.38 Å². The fraction of sp³-hybridized carbons (Fsp3) is 0.583. The van der Waals surface area contributed by atoms with Gasteiger partial charge >= 0.3 is 6.18 Å². The van der Waals surface area contributed by atoms with Crippen molar-refractivity contribution in [1.29, 1.82) is 0 Å². The summed E-state index contributed by atoms with van der Waals surface area (Å²) in [7, 11) is 1.63. The van der Waals surface area contributed by atoms with Crippen molar-refractivity contribution in [2.24, 2.45) is 5.73 Å². The number of hydrogen-bond acceptors (Lipinski definition) is 4. The molecule has 2 heterocycles. The molecule has 0 aliphatic carbocycles. The number of rotatable bonds is 5. The number of imidazole rings is 1. The standard InChI is InChI=1S/C12H17F3N4S/c1-8(16)7-9-10(17-11-19(9)5-6-20-11)18(2)4-3-12(13,14)15/h5-6,8H,3-4,7,16H2,1-2H3. The van der Waals surface area contributed by atoms with Gasteiger partial charge < -0.3 is 10.6 Å². The molecule has 0 aromatic carbocycles. The first-order valence-corrected chi connectivity index (χ1v) is 7.14. The van der Waals surface area contributed by atoms with Gasteiger partial charge in [-0.3, -0.25) is 4.40 Å². The van der Waals surface area contributed by atoms with Crippen molar-refractivity contribution in [3.63, 3.8) is 0 Å². The monoisotopic (exact) mass is 306 g/mol. The maximum Gasteiger partial charge on any atom is 0.390 e.